The van der Waals surface area contributed by atoms with Gasteiger partial charge in [0.05, 0.1) is 18.7 Å². The van der Waals surface area contributed by atoms with Crippen molar-refractivity contribution in [3.05, 3.63) is 54.2 Å². The molecule has 0 saturated carbocycles. The van der Waals surface area contributed by atoms with Crippen LogP contribution in [0.25, 0.3) is 0 Å². The van der Waals surface area contributed by atoms with Gasteiger partial charge in [0.25, 0.3) is 0 Å². The molecule has 1 atom stereocenters. The number of amides is 1. The Morgan fingerprint density at radius 1 is 1.33 bits per heavy atom. The molecule has 24 heavy (non-hydrogen) atoms. The number of aryl methyl sites for hydroxylation is 1. The molecule has 1 amide bonds. The van der Waals surface area contributed by atoms with Gasteiger partial charge in [0.2, 0.25) is 5.91 Å². The van der Waals surface area contributed by atoms with Crippen molar-refractivity contribution in [2.24, 2.45) is 5.92 Å². The molecule has 5 nitrogen and oxygen atoms in total. The van der Waals surface area contributed by atoms with Crippen molar-refractivity contribution in [3.8, 4) is 0 Å². The van der Waals surface area contributed by atoms with Gasteiger partial charge in [-0.1, -0.05) is 0 Å². The molecule has 3 heterocycles. The highest BCUT2D eigenvalue weighted by Crippen LogP contribution is 2.19. The van der Waals surface area contributed by atoms with Crippen LogP contribution in [0.3, 0.4) is 0 Å². The van der Waals surface area contributed by atoms with Gasteiger partial charge in [-0.05, 0) is 62.1 Å². The summed E-state index contributed by atoms with van der Waals surface area (Å²) in [6.45, 7) is 3.37. The number of pyridine rings is 1. The second kappa shape index (κ2) is 8.64. The SMILES string of the molecule is O=C(NCCCc1ccncc1)[C@H]1CCCN(Cc2ccco2)C1. The highest BCUT2D eigenvalue weighted by molar-refractivity contribution is 5.78. The first kappa shape index (κ1) is 16.7. The zero-order chi connectivity index (χ0) is 16.6. The normalized spacial score (nSPS) is 18.4. The molecule has 1 saturated heterocycles. The molecular weight excluding hydrogens is 302 g/mol. The van der Waals surface area contributed by atoms with E-state index in [0.717, 1.165) is 57.6 Å². The fourth-order valence-electron chi connectivity index (χ4n) is 3.23. The molecule has 1 aliphatic heterocycles. The topological polar surface area (TPSA) is 58.4 Å². The Balaban J connectivity index is 1.38. The second-order valence-electron chi connectivity index (χ2n) is 6.40. The summed E-state index contributed by atoms with van der Waals surface area (Å²) in [4.78, 5) is 18.7. The van der Waals surface area contributed by atoms with Crippen molar-refractivity contribution in [1.82, 2.24) is 15.2 Å². The summed E-state index contributed by atoms with van der Waals surface area (Å²) in [7, 11) is 0. The maximum atomic E-state index is 12.4. The average molecular weight is 327 g/mol. The minimum Gasteiger partial charge on any atom is -0.468 e. The van der Waals surface area contributed by atoms with Crippen molar-refractivity contribution in [2.45, 2.75) is 32.2 Å². The van der Waals surface area contributed by atoms with Crippen LogP contribution in [0.1, 0.15) is 30.6 Å². The van der Waals surface area contributed by atoms with E-state index >= 15 is 0 Å². The molecule has 0 aromatic carbocycles. The molecule has 1 fully saturated rings. The van der Waals surface area contributed by atoms with E-state index < -0.39 is 0 Å². The van der Waals surface area contributed by atoms with E-state index in [1.54, 1.807) is 6.26 Å². The molecule has 2 aromatic rings. The zero-order valence-electron chi connectivity index (χ0n) is 14.0. The molecule has 1 aliphatic rings. The Hall–Kier alpha value is -2.14. The molecule has 1 N–H and O–H groups in total. The van der Waals surface area contributed by atoms with E-state index in [1.165, 1.54) is 5.56 Å². The molecule has 3 rings (SSSR count). The van der Waals surface area contributed by atoms with Crippen LogP contribution in [0.15, 0.2) is 47.3 Å². The maximum Gasteiger partial charge on any atom is 0.224 e. The number of carbonyl (C=O) groups is 1. The van der Waals surface area contributed by atoms with Crippen LogP contribution in [0.4, 0.5) is 0 Å². The van der Waals surface area contributed by atoms with Gasteiger partial charge in [-0.25, -0.2) is 0 Å². The highest BCUT2D eigenvalue weighted by atomic mass is 16.3. The summed E-state index contributed by atoms with van der Waals surface area (Å²) in [5.41, 5.74) is 1.27. The number of aromatic nitrogens is 1. The Labute approximate surface area is 143 Å². The molecule has 0 unspecified atom stereocenters. The molecule has 0 bridgehead atoms. The number of furan rings is 1. The summed E-state index contributed by atoms with van der Waals surface area (Å²) in [6.07, 6.45) is 9.29. The first-order chi connectivity index (χ1) is 11.8. The summed E-state index contributed by atoms with van der Waals surface area (Å²) in [5, 5.41) is 3.10. The standard InChI is InChI=1S/C19H25N3O2/c23-19(21-9-1-4-16-7-10-20-11-8-16)17-5-2-12-22(14-17)15-18-6-3-13-24-18/h3,6-8,10-11,13,17H,1-2,4-5,9,12,14-15H2,(H,21,23)/t17-/m0/s1. The number of hydrogen-bond donors (Lipinski definition) is 1. The second-order valence-corrected chi connectivity index (χ2v) is 6.40. The summed E-state index contributed by atoms with van der Waals surface area (Å²) >= 11 is 0. The third-order valence-corrected chi connectivity index (χ3v) is 4.53. The monoisotopic (exact) mass is 327 g/mol. The van der Waals surface area contributed by atoms with Crippen molar-refractivity contribution in [1.29, 1.82) is 0 Å². The number of nitrogens with one attached hydrogen (secondary N) is 1. The first-order valence-corrected chi connectivity index (χ1v) is 8.72. The fourth-order valence-corrected chi connectivity index (χ4v) is 3.23. The number of carbonyl (C=O) groups excluding carboxylic acids is 1. The van der Waals surface area contributed by atoms with E-state index in [2.05, 4.69) is 15.2 Å². The molecular formula is C19H25N3O2. The van der Waals surface area contributed by atoms with Crippen LogP contribution in [-0.4, -0.2) is 35.4 Å². The van der Waals surface area contributed by atoms with Crippen LogP contribution in [0.2, 0.25) is 0 Å². The summed E-state index contributed by atoms with van der Waals surface area (Å²) in [6, 6.07) is 7.94. The van der Waals surface area contributed by atoms with Gasteiger partial charge in [-0.3, -0.25) is 14.7 Å². The van der Waals surface area contributed by atoms with Crippen molar-refractivity contribution in [3.63, 3.8) is 0 Å². The third-order valence-electron chi connectivity index (χ3n) is 4.53. The van der Waals surface area contributed by atoms with Crippen LogP contribution in [-0.2, 0) is 17.8 Å². The quantitative estimate of drug-likeness (QED) is 0.794. The van der Waals surface area contributed by atoms with E-state index in [1.807, 2.05) is 36.7 Å². The fraction of sp³-hybridized carbons (Fsp3) is 0.474. The van der Waals surface area contributed by atoms with Gasteiger partial charge in [0.1, 0.15) is 5.76 Å². The average Bonchev–Trinajstić information content (AvgIpc) is 3.13. The van der Waals surface area contributed by atoms with Crippen molar-refractivity contribution >= 4 is 5.91 Å². The largest absolute Gasteiger partial charge is 0.468 e. The number of piperidine rings is 1. The van der Waals surface area contributed by atoms with E-state index in [9.17, 15) is 4.79 Å². The van der Waals surface area contributed by atoms with Crippen LogP contribution in [0, 0.1) is 5.92 Å². The molecule has 5 heteroatoms. The molecule has 0 spiro atoms. The third kappa shape index (κ3) is 4.93. The number of likely N-dealkylation sites (tertiary alicyclic amines) is 1. The maximum absolute atomic E-state index is 12.4. The molecule has 0 radical (unpaired) electrons. The number of rotatable bonds is 7. The zero-order valence-corrected chi connectivity index (χ0v) is 14.0. The Bertz CT molecular complexity index is 613. The van der Waals surface area contributed by atoms with Crippen LogP contribution >= 0.6 is 0 Å². The van der Waals surface area contributed by atoms with Gasteiger partial charge in [-0.2, -0.15) is 0 Å². The van der Waals surface area contributed by atoms with Gasteiger partial charge in [0, 0.05) is 25.5 Å². The summed E-state index contributed by atoms with van der Waals surface area (Å²) in [5.74, 6) is 1.25. The van der Waals surface area contributed by atoms with Crippen LogP contribution in [0.5, 0.6) is 0 Å². The number of hydrogen-bond acceptors (Lipinski definition) is 4. The Kier molecular flexibility index (Phi) is 6.01. The lowest BCUT2D eigenvalue weighted by atomic mass is 9.97. The van der Waals surface area contributed by atoms with Crippen molar-refractivity contribution in [2.75, 3.05) is 19.6 Å². The lowest BCUT2D eigenvalue weighted by Crippen LogP contribution is -2.42. The Morgan fingerprint density at radius 3 is 3.00 bits per heavy atom. The van der Waals surface area contributed by atoms with Gasteiger partial charge >= 0.3 is 0 Å². The molecule has 0 aliphatic carbocycles. The van der Waals surface area contributed by atoms with Gasteiger partial charge in [0.15, 0.2) is 0 Å². The molecule has 128 valence electrons. The van der Waals surface area contributed by atoms with E-state index in [0.29, 0.717) is 0 Å². The van der Waals surface area contributed by atoms with Crippen molar-refractivity contribution < 1.29 is 9.21 Å². The smallest absolute Gasteiger partial charge is 0.224 e. The minimum absolute atomic E-state index is 0.0923. The van der Waals surface area contributed by atoms with E-state index in [4.69, 9.17) is 4.42 Å². The first-order valence-electron chi connectivity index (χ1n) is 8.72. The van der Waals surface area contributed by atoms with Gasteiger partial charge in [-0.15, -0.1) is 0 Å². The predicted octanol–water partition coefficient (Wildman–Crippen LogP) is 2.64. The van der Waals surface area contributed by atoms with Gasteiger partial charge < -0.3 is 9.73 Å². The summed E-state index contributed by atoms with van der Waals surface area (Å²) < 4.78 is 5.41. The predicted molar refractivity (Wildman–Crippen MR) is 92.3 cm³/mol. The Morgan fingerprint density at radius 2 is 2.21 bits per heavy atom. The lowest BCUT2D eigenvalue weighted by molar-refractivity contribution is -0.126. The molecule has 2 aromatic heterocycles. The number of nitrogens with zero attached hydrogens (tertiary/aromatic N) is 2. The highest BCUT2D eigenvalue weighted by Gasteiger charge is 2.25. The van der Waals surface area contributed by atoms with Crippen LogP contribution < -0.4 is 5.32 Å². The lowest BCUT2D eigenvalue weighted by Gasteiger charge is -2.31. The minimum atomic E-state index is 0.0923. The van der Waals surface area contributed by atoms with E-state index in [-0.39, 0.29) is 11.8 Å².